The second-order valence-corrected chi connectivity index (χ2v) is 6.15. The molecule has 0 saturated heterocycles. The van der Waals surface area contributed by atoms with Gasteiger partial charge in [0.15, 0.2) is 17.3 Å². The summed E-state index contributed by atoms with van der Waals surface area (Å²) in [5.41, 5.74) is 2.06. The van der Waals surface area contributed by atoms with Gasteiger partial charge in [-0.2, -0.15) is 9.78 Å². The van der Waals surface area contributed by atoms with E-state index in [-0.39, 0.29) is 0 Å². The van der Waals surface area contributed by atoms with E-state index < -0.39 is 5.97 Å². The van der Waals surface area contributed by atoms with Gasteiger partial charge < -0.3 is 9.47 Å². The summed E-state index contributed by atoms with van der Waals surface area (Å²) in [6, 6.07) is 18.0. The van der Waals surface area contributed by atoms with Crippen molar-refractivity contribution in [2.24, 2.45) is 5.10 Å². The number of carbonyl (C=O) groups excluding carboxylic acids is 1. The van der Waals surface area contributed by atoms with Crippen LogP contribution in [0, 0.1) is 0 Å². The molecule has 8 nitrogen and oxygen atoms in total. The van der Waals surface area contributed by atoms with Gasteiger partial charge in [-0.1, -0.05) is 30.3 Å². The second kappa shape index (κ2) is 8.78. The third-order valence-corrected chi connectivity index (χ3v) is 4.20. The molecule has 0 saturated carbocycles. The number of carbonyl (C=O) groups is 1. The standard InChI is InChI=1S/C22H17N5O3/c1-29-20-13-16(7-8-19(20)30-22(28)18-9-11-23-12-10-18)14-25-27-15-24-26-21(27)17-5-3-2-4-6-17/h2-15H,1H3/b25-14-. The largest absolute Gasteiger partial charge is 0.493 e. The Labute approximate surface area is 172 Å². The van der Waals surface area contributed by atoms with E-state index in [9.17, 15) is 4.79 Å². The SMILES string of the molecule is COc1cc(/C=N\n2cnnc2-c2ccccc2)ccc1OC(=O)c1ccncc1. The van der Waals surface area contributed by atoms with Gasteiger partial charge in [-0.15, -0.1) is 10.2 Å². The molecule has 0 aliphatic rings. The molecule has 2 heterocycles. The Morgan fingerprint density at radius 1 is 1.03 bits per heavy atom. The number of methoxy groups -OCH3 is 1. The van der Waals surface area contributed by atoms with Crippen molar-refractivity contribution in [3.63, 3.8) is 0 Å². The summed E-state index contributed by atoms with van der Waals surface area (Å²) in [5, 5.41) is 12.5. The zero-order valence-corrected chi connectivity index (χ0v) is 16.0. The average Bonchev–Trinajstić information content (AvgIpc) is 3.28. The minimum Gasteiger partial charge on any atom is -0.493 e. The molecule has 0 unspecified atom stereocenters. The molecule has 0 bridgehead atoms. The molecule has 4 aromatic rings. The van der Waals surface area contributed by atoms with Gasteiger partial charge >= 0.3 is 5.97 Å². The number of hydrogen-bond donors (Lipinski definition) is 0. The third-order valence-electron chi connectivity index (χ3n) is 4.20. The normalized spacial score (nSPS) is 10.8. The van der Waals surface area contributed by atoms with Crippen LogP contribution in [0.2, 0.25) is 0 Å². The number of ether oxygens (including phenoxy) is 2. The molecule has 0 N–H and O–H groups in total. The molecular formula is C22H17N5O3. The molecule has 0 aliphatic heterocycles. The fourth-order valence-corrected chi connectivity index (χ4v) is 2.72. The Kier molecular flexibility index (Phi) is 5.56. The molecule has 148 valence electrons. The van der Waals surface area contributed by atoms with Gasteiger partial charge in [0, 0.05) is 18.0 Å². The van der Waals surface area contributed by atoms with Crippen LogP contribution >= 0.6 is 0 Å². The summed E-state index contributed by atoms with van der Waals surface area (Å²) in [4.78, 5) is 16.2. The molecule has 0 fully saturated rings. The first-order valence-corrected chi connectivity index (χ1v) is 9.04. The maximum atomic E-state index is 12.3. The van der Waals surface area contributed by atoms with Crippen molar-refractivity contribution >= 4 is 12.2 Å². The number of hydrogen-bond acceptors (Lipinski definition) is 7. The van der Waals surface area contributed by atoms with Gasteiger partial charge in [-0.25, -0.2) is 4.79 Å². The van der Waals surface area contributed by atoms with Crippen LogP contribution in [0.15, 0.2) is 84.5 Å². The molecule has 4 rings (SSSR count). The lowest BCUT2D eigenvalue weighted by molar-refractivity contribution is 0.0729. The number of aromatic nitrogens is 4. The van der Waals surface area contributed by atoms with Crippen LogP contribution < -0.4 is 9.47 Å². The molecule has 0 amide bonds. The first kappa shape index (κ1) is 19.0. The molecular weight excluding hydrogens is 382 g/mol. The fourth-order valence-electron chi connectivity index (χ4n) is 2.72. The summed E-state index contributed by atoms with van der Waals surface area (Å²) in [7, 11) is 1.51. The maximum absolute atomic E-state index is 12.3. The third kappa shape index (κ3) is 4.22. The first-order valence-electron chi connectivity index (χ1n) is 9.04. The van der Waals surface area contributed by atoms with Crippen molar-refractivity contribution in [1.82, 2.24) is 19.9 Å². The highest BCUT2D eigenvalue weighted by Gasteiger charge is 2.13. The summed E-state index contributed by atoms with van der Waals surface area (Å²) >= 11 is 0. The van der Waals surface area contributed by atoms with Crippen molar-refractivity contribution in [3.8, 4) is 22.9 Å². The summed E-state index contributed by atoms with van der Waals surface area (Å²) < 4.78 is 12.4. The molecule has 0 atom stereocenters. The van der Waals surface area contributed by atoms with Gasteiger partial charge in [-0.05, 0) is 35.9 Å². The van der Waals surface area contributed by atoms with Crippen molar-refractivity contribution in [3.05, 3.63) is 90.5 Å². The molecule has 30 heavy (non-hydrogen) atoms. The predicted molar refractivity (Wildman–Crippen MR) is 111 cm³/mol. The number of rotatable bonds is 6. The highest BCUT2D eigenvalue weighted by atomic mass is 16.6. The molecule has 0 aliphatic carbocycles. The van der Waals surface area contributed by atoms with E-state index in [1.807, 2.05) is 30.3 Å². The quantitative estimate of drug-likeness (QED) is 0.280. The average molecular weight is 399 g/mol. The summed E-state index contributed by atoms with van der Waals surface area (Å²) in [6.07, 6.45) is 6.23. The zero-order valence-electron chi connectivity index (χ0n) is 16.0. The molecule has 8 heteroatoms. The maximum Gasteiger partial charge on any atom is 0.343 e. The van der Waals surface area contributed by atoms with Gasteiger partial charge in [0.1, 0.15) is 6.33 Å². The highest BCUT2D eigenvalue weighted by molar-refractivity contribution is 5.91. The lowest BCUT2D eigenvalue weighted by Crippen LogP contribution is -2.09. The van der Waals surface area contributed by atoms with Crippen molar-refractivity contribution in [2.45, 2.75) is 0 Å². The first-order chi connectivity index (χ1) is 14.7. The monoisotopic (exact) mass is 399 g/mol. The Bertz CT molecular complexity index is 1170. The Balaban J connectivity index is 1.54. The van der Waals surface area contributed by atoms with Crippen molar-refractivity contribution in [2.75, 3.05) is 7.11 Å². The van der Waals surface area contributed by atoms with Gasteiger partial charge in [-0.3, -0.25) is 4.98 Å². The number of nitrogens with zero attached hydrogens (tertiary/aromatic N) is 5. The summed E-state index contributed by atoms with van der Waals surface area (Å²) in [5.74, 6) is 0.856. The van der Waals surface area contributed by atoms with Crippen molar-refractivity contribution in [1.29, 1.82) is 0 Å². The van der Waals surface area contributed by atoms with Gasteiger partial charge in [0.2, 0.25) is 0 Å². The number of esters is 1. The van der Waals surface area contributed by atoms with Gasteiger partial charge in [0.25, 0.3) is 0 Å². The zero-order chi connectivity index (χ0) is 20.8. The van der Waals surface area contributed by atoms with Crippen LogP contribution in [0.25, 0.3) is 11.4 Å². The van der Waals surface area contributed by atoms with E-state index >= 15 is 0 Å². The van der Waals surface area contributed by atoms with E-state index in [4.69, 9.17) is 9.47 Å². The predicted octanol–water partition coefficient (Wildman–Crippen LogP) is 3.45. The van der Waals surface area contributed by atoms with E-state index in [2.05, 4.69) is 20.3 Å². The van der Waals surface area contributed by atoms with E-state index in [1.54, 1.807) is 41.2 Å². The van der Waals surface area contributed by atoms with Crippen LogP contribution in [0.3, 0.4) is 0 Å². The molecule has 2 aromatic carbocycles. The van der Waals surface area contributed by atoms with Crippen LogP contribution in [0.5, 0.6) is 11.5 Å². The van der Waals surface area contributed by atoms with E-state index in [1.165, 1.54) is 25.8 Å². The minimum absolute atomic E-state index is 0.311. The summed E-state index contributed by atoms with van der Waals surface area (Å²) in [6.45, 7) is 0. The second-order valence-electron chi connectivity index (χ2n) is 6.15. The molecule has 0 spiro atoms. The lowest BCUT2D eigenvalue weighted by Gasteiger charge is -2.10. The molecule has 2 aromatic heterocycles. The highest BCUT2D eigenvalue weighted by Crippen LogP contribution is 2.28. The lowest BCUT2D eigenvalue weighted by atomic mass is 10.2. The number of benzene rings is 2. The molecule has 0 radical (unpaired) electrons. The Hall–Kier alpha value is -4.33. The Morgan fingerprint density at radius 2 is 1.83 bits per heavy atom. The topological polar surface area (TPSA) is 91.5 Å². The Morgan fingerprint density at radius 3 is 2.60 bits per heavy atom. The van der Waals surface area contributed by atoms with E-state index in [0.717, 1.165) is 11.1 Å². The van der Waals surface area contributed by atoms with Crippen LogP contribution in [-0.4, -0.2) is 39.2 Å². The van der Waals surface area contributed by atoms with Crippen LogP contribution in [0.4, 0.5) is 0 Å². The number of pyridine rings is 1. The van der Waals surface area contributed by atoms with E-state index in [0.29, 0.717) is 22.9 Å². The fraction of sp³-hybridized carbons (Fsp3) is 0.0455. The van der Waals surface area contributed by atoms with Crippen LogP contribution in [-0.2, 0) is 0 Å². The van der Waals surface area contributed by atoms with Crippen LogP contribution in [0.1, 0.15) is 15.9 Å². The van der Waals surface area contributed by atoms with Gasteiger partial charge in [0.05, 0.1) is 18.9 Å². The smallest absolute Gasteiger partial charge is 0.343 e. The van der Waals surface area contributed by atoms with Crippen molar-refractivity contribution < 1.29 is 14.3 Å². The minimum atomic E-state index is -0.492.